The van der Waals surface area contributed by atoms with Gasteiger partial charge in [-0.3, -0.25) is 10.1 Å². The van der Waals surface area contributed by atoms with Gasteiger partial charge in [0.2, 0.25) is 0 Å². The van der Waals surface area contributed by atoms with Crippen LogP contribution in [0.25, 0.3) is 0 Å². The standard InChI is InChI=1S/C13H18Cl2N2O2/c1-8(2)4-10(16-3)5-9-6-11(14)12(15)7-13(9)17(18)19/h6-8,10,16H,4-5H2,1-3H3. The van der Waals surface area contributed by atoms with Crippen LogP contribution in [-0.4, -0.2) is 18.0 Å². The van der Waals surface area contributed by atoms with Crippen molar-refractivity contribution in [1.29, 1.82) is 0 Å². The highest BCUT2D eigenvalue weighted by molar-refractivity contribution is 6.42. The number of nitro groups is 1. The lowest BCUT2D eigenvalue weighted by Gasteiger charge is -2.18. The molecular weight excluding hydrogens is 287 g/mol. The zero-order chi connectivity index (χ0) is 14.6. The molecule has 0 heterocycles. The van der Waals surface area contributed by atoms with E-state index >= 15 is 0 Å². The summed E-state index contributed by atoms with van der Waals surface area (Å²) in [4.78, 5) is 10.6. The van der Waals surface area contributed by atoms with Gasteiger partial charge in [0, 0.05) is 17.7 Å². The SMILES string of the molecule is CNC(Cc1cc(Cl)c(Cl)cc1[N+](=O)[O-])CC(C)C. The molecule has 0 bridgehead atoms. The molecule has 0 saturated heterocycles. The van der Waals surface area contributed by atoms with E-state index in [1.54, 1.807) is 6.07 Å². The Kier molecular flexibility index (Phi) is 6.04. The first-order chi connectivity index (χ1) is 8.85. The highest BCUT2D eigenvalue weighted by Gasteiger charge is 2.20. The minimum absolute atomic E-state index is 0.0263. The third kappa shape index (κ3) is 4.64. The largest absolute Gasteiger partial charge is 0.317 e. The Labute approximate surface area is 123 Å². The summed E-state index contributed by atoms with van der Waals surface area (Å²) >= 11 is 11.8. The number of nitrogens with one attached hydrogen (secondary N) is 1. The number of hydrogen-bond acceptors (Lipinski definition) is 3. The summed E-state index contributed by atoms with van der Waals surface area (Å²) in [6, 6.07) is 3.09. The average Bonchev–Trinajstić information content (AvgIpc) is 2.31. The van der Waals surface area contributed by atoms with Crippen molar-refractivity contribution in [2.45, 2.75) is 32.7 Å². The van der Waals surface area contributed by atoms with E-state index in [-0.39, 0.29) is 16.8 Å². The summed E-state index contributed by atoms with van der Waals surface area (Å²) in [5, 5.41) is 14.8. The molecule has 0 aliphatic heterocycles. The molecule has 19 heavy (non-hydrogen) atoms. The summed E-state index contributed by atoms with van der Waals surface area (Å²) in [7, 11) is 1.86. The monoisotopic (exact) mass is 304 g/mol. The van der Waals surface area contributed by atoms with Gasteiger partial charge in [-0.1, -0.05) is 37.0 Å². The van der Waals surface area contributed by atoms with Crippen molar-refractivity contribution in [1.82, 2.24) is 5.32 Å². The summed E-state index contributed by atoms with van der Waals surface area (Å²) < 4.78 is 0. The van der Waals surface area contributed by atoms with Gasteiger partial charge in [-0.2, -0.15) is 0 Å². The normalized spacial score (nSPS) is 12.7. The molecule has 1 aromatic rings. The van der Waals surface area contributed by atoms with E-state index in [1.165, 1.54) is 6.07 Å². The molecule has 0 aliphatic rings. The first kappa shape index (κ1) is 16.2. The maximum absolute atomic E-state index is 11.1. The molecule has 1 aromatic carbocycles. The zero-order valence-electron chi connectivity index (χ0n) is 11.2. The molecule has 106 valence electrons. The molecule has 6 heteroatoms. The van der Waals surface area contributed by atoms with Gasteiger partial charge in [-0.05, 0) is 31.9 Å². The third-order valence-electron chi connectivity index (χ3n) is 2.95. The average molecular weight is 305 g/mol. The lowest BCUT2D eigenvalue weighted by Crippen LogP contribution is -2.29. The molecule has 0 aromatic heterocycles. The second-order valence-corrected chi connectivity index (χ2v) is 5.79. The van der Waals surface area contributed by atoms with E-state index in [0.717, 1.165) is 6.42 Å². The van der Waals surface area contributed by atoms with Gasteiger partial charge < -0.3 is 5.32 Å². The first-order valence-electron chi connectivity index (χ1n) is 6.14. The van der Waals surface area contributed by atoms with Crippen molar-refractivity contribution in [2.75, 3.05) is 7.05 Å². The predicted molar refractivity (Wildman–Crippen MR) is 79.1 cm³/mol. The fraction of sp³-hybridized carbons (Fsp3) is 0.538. The number of hydrogen-bond donors (Lipinski definition) is 1. The van der Waals surface area contributed by atoms with Crippen LogP contribution in [0.1, 0.15) is 25.8 Å². The van der Waals surface area contributed by atoms with E-state index < -0.39 is 4.92 Å². The van der Waals surface area contributed by atoms with Crippen LogP contribution in [0.15, 0.2) is 12.1 Å². The molecule has 1 rings (SSSR count). The topological polar surface area (TPSA) is 55.2 Å². The Morgan fingerprint density at radius 1 is 1.32 bits per heavy atom. The Hall–Kier alpha value is -0.840. The fourth-order valence-corrected chi connectivity index (χ4v) is 2.39. The molecule has 1 unspecified atom stereocenters. The van der Waals surface area contributed by atoms with Gasteiger partial charge in [0.05, 0.1) is 15.0 Å². The Balaban J connectivity index is 3.04. The van der Waals surface area contributed by atoms with Crippen molar-refractivity contribution in [3.05, 3.63) is 37.9 Å². The second kappa shape index (κ2) is 7.08. The van der Waals surface area contributed by atoms with Crippen LogP contribution in [0.4, 0.5) is 5.69 Å². The number of benzene rings is 1. The van der Waals surface area contributed by atoms with Gasteiger partial charge >= 0.3 is 0 Å². The minimum atomic E-state index is -0.417. The zero-order valence-corrected chi connectivity index (χ0v) is 12.8. The van der Waals surface area contributed by atoms with Crippen LogP contribution in [0.3, 0.4) is 0 Å². The molecule has 0 radical (unpaired) electrons. The van der Waals surface area contributed by atoms with Crippen LogP contribution in [0.2, 0.25) is 10.0 Å². The highest BCUT2D eigenvalue weighted by Crippen LogP contribution is 2.31. The summed E-state index contributed by atoms with van der Waals surface area (Å²) in [5.41, 5.74) is 0.637. The van der Waals surface area contributed by atoms with Crippen molar-refractivity contribution in [2.24, 2.45) is 5.92 Å². The molecule has 1 N–H and O–H groups in total. The van der Waals surface area contributed by atoms with E-state index in [4.69, 9.17) is 23.2 Å². The number of likely N-dealkylation sites (N-methyl/N-ethyl adjacent to an activating group) is 1. The lowest BCUT2D eigenvalue weighted by atomic mass is 9.96. The predicted octanol–water partition coefficient (Wildman–Crippen LogP) is 4.08. The quantitative estimate of drug-likeness (QED) is 0.636. The second-order valence-electron chi connectivity index (χ2n) is 4.97. The summed E-state index contributed by atoms with van der Waals surface area (Å²) in [5.74, 6) is 0.513. The smallest absolute Gasteiger partial charge is 0.274 e. The van der Waals surface area contributed by atoms with Crippen molar-refractivity contribution >= 4 is 28.9 Å². The third-order valence-corrected chi connectivity index (χ3v) is 3.67. The van der Waals surface area contributed by atoms with Gasteiger partial charge in [0.15, 0.2) is 0 Å². The van der Waals surface area contributed by atoms with Crippen molar-refractivity contribution in [3.63, 3.8) is 0 Å². The van der Waals surface area contributed by atoms with Gasteiger partial charge in [-0.25, -0.2) is 0 Å². The maximum atomic E-state index is 11.1. The Morgan fingerprint density at radius 3 is 2.37 bits per heavy atom. The lowest BCUT2D eigenvalue weighted by molar-refractivity contribution is -0.385. The van der Waals surface area contributed by atoms with E-state index in [2.05, 4.69) is 19.2 Å². The molecule has 0 fully saturated rings. The van der Waals surface area contributed by atoms with Crippen LogP contribution in [0, 0.1) is 16.0 Å². The maximum Gasteiger partial charge on any atom is 0.274 e. The Bertz CT molecular complexity index is 464. The van der Waals surface area contributed by atoms with Crippen molar-refractivity contribution in [3.8, 4) is 0 Å². The first-order valence-corrected chi connectivity index (χ1v) is 6.90. The number of halogens is 2. The summed E-state index contributed by atoms with van der Waals surface area (Å²) in [6.45, 7) is 4.24. The number of rotatable bonds is 6. The van der Waals surface area contributed by atoms with E-state index in [9.17, 15) is 10.1 Å². The van der Waals surface area contributed by atoms with E-state index in [0.29, 0.717) is 22.9 Å². The van der Waals surface area contributed by atoms with Crippen LogP contribution in [-0.2, 0) is 6.42 Å². The molecular formula is C13H18Cl2N2O2. The van der Waals surface area contributed by atoms with Crippen molar-refractivity contribution < 1.29 is 4.92 Å². The number of nitro benzene ring substituents is 1. The van der Waals surface area contributed by atoms with Gasteiger partial charge in [0.25, 0.3) is 5.69 Å². The van der Waals surface area contributed by atoms with Gasteiger partial charge in [0.1, 0.15) is 0 Å². The van der Waals surface area contributed by atoms with Crippen LogP contribution < -0.4 is 5.32 Å². The fourth-order valence-electron chi connectivity index (χ4n) is 2.05. The van der Waals surface area contributed by atoms with Crippen LogP contribution >= 0.6 is 23.2 Å². The minimum Gasteiger partial charge on any atom is -0.317 e. The molecule has 0 amide bonds. The molecule has 1 atom stereocenters. The van der Waals surface area contributed by atoms with Gasteiger partial charge in [-0.15, -0.1) is 0 Å². The van der Waals surface area contributed by atoms with Crippen LogP contribution in [0.5, 0.6) is 0 Å². The molecule has 4 nitrogen and oxygen atoms in total. The highest BCUT2D eigenvalue weighted by atomic mass is 35.5. The summed E-state index contributed by atoms with van der Waals surface area (Å²) in [6.07, 6.45) is 1.50. The molecule has 0 saturated carbocycles. The number of nitrogens with zero attached hydrogens (tertiary/aromatic N) is 1. The van der Waals surface area contributed by atoms with E-state index in [1.807, 2.05) is 7.05 Å². The Morgan fingerprint density at radius 2 is 1.89 bits per heavy atom. The molecule has 0 aliphatic carbocycles. The molecule has 0 spiro atoms.